The lowest BCUT2D eigenvalue weighted by atomic mass is 10.0. The molecular formula is C15H21N3O2. The van der Waals surface area contributed by atoms with Crippen molar-refractivity contribution in [1.82, 2.24) is 10.3 Å². The number of rotatable bonds is 3. The van der Waals surface area contributed by atoms with Crippen LogP contribution in [0.2, 0.25) is 0 Å². The normalized spacial score (nSPS) is 29.6. The van der Waals surface area contributed by atoms with Crippen molar-refractivity contribution in [2.75, 3.05) is 18.0 Å². The second kappa shape index (κ2) is 5.79. The fourth-order valence-electron chi connectivity index (χ4n) is 3.18. The molecule has 5 heteroatoms. The highest BCUT2D eigenvalue weighted by molar-refractivity contribution is 5.80. The van der Waals surface area contributed by atoms with E-state index in [9.17, 15) is 9.90 Å². The van der Waals surface area contributed by atoms with Gasteiger partial charge in [0, 0.05) is 25.3 Å². The van der Waals surface area contributed by atoms with Gasteiger partial charge in [0.2, 0.25) is 5.91 Å². The van der Waals surface area contributed by atoms with E-state index in [4.69, 9.17) is 0 Å². The molecule has 1 saturated heterocycles. The molecule has 0 bridgehead atoms. The summed E-state index contributed by atoms with van der Waals surface area (Å²) in [5, 5.41) is 12.9. The number of aliphatic hydroxyl groups is 1. The van der Waals surface area contributed by atoms with Gasteiger partial charge in [-0.3, -0.25) is 4.79 Å². The van der Waals surface area contributed by atoms with E-state index in [1.807, 2.05) is 18.2 Å². The lowest BCUT2D eigenvalue weighted by molar-refractivity contribution is -0.128. The molecule has 20 heavy (non-hydrogen) atoms. The summed E-state index contributed by atoms with van der Waals surface area (Å²) in [6.45, 7) is 1.71. The third-order valence-corrected chi connectivity index (χ3v) is 4.32. The summed E-state index contributed by atoms with van der Waals surface area (Å²) in [5.74, 6) is 0.770. The molecule has 3 rings (SSSR count). The van der Waals surface area contributed by atoms with E-state index in [2.05, 4.69) is 15.2 Å². The first-order valence-corrected chi connectivity index (χ1v) is 7.38. The summed E-state index contributed by atoms with van der Waals surface area (Å²) in [6, 6.07) is 6.03. The maximum absolute atomic E-state index is 12.1. The van der Waals surface area contributed by atoms with Crippen molar-refractivity contribution in [2.45, 2.75) is 37.8 Å². The zero-order chi connectivity index (χ0) is 13.9. The predicted molar refractivity (Wildman–Crippen MR) is 76.3 cm³/mol. The summed E-state index contributed by atoms with van der Waals surface area (Å²) in [7, 11) is 0. The molecule has 2 heterocycles. The number of carbonyl (C=O) groups excluding carboxylic acids is 1. The molecule has 3 unspecified atom stereocenters. The van der Waals surface area contributed by atoms with Gasteiger partial charge in [0.1, 0.15) is 5.82 Å². The average molecular weight is 275 g/mol. The Morgan fingerprint density at radius 1 is 1.35 bits per heavy atom. The van der Waals surface area contributed by atoms with Gasteiger partial charge >= 0.3 is 0 Å². The van der Waals surface area contributed by atoms with Gasteiger partial charge in [0.25, 0.3) is 0 Å². The summed E-state index contributed by atoms with van der Waals surface area (Å²) < 4.78 is 0. The first-order chi connectivity index (χ1) is 9.74. The summed E-state index contributed by atoms with van der Waals surface area (Å²) in [6.07, 6.45) is 4.78. The standard InChI is InChI=1S/C15H21N3O2/c19-13-5-3-4-12(13)15(20)17-11-7-9-18(10-11)14-6-1-2-8-16-14/h1-2,6,8,11-13,19H,3-5,7,9-10H2,(H,17,20). The van der Waals surface area contributed by atoms with E-state index >= 15 is 0 Å². The lowest BCUT2D eigenvalue weighted by Gasteiger charge is -2.20. The second-order valence-electron chi connectivity index (χ2n) is 5.73. The van der Waals surface area contributed by atoms with Crippen LogP contribution in [0.25, 0.3) is 0 Å². The van der Waals surface area contributed by atoms with Crippen LogP contribution >= 0.6 is 0 Å². The van der Waals surface area contributed by atoms with Crippen molar-refractivity contribution in [1.29, 1.82) is 0 Å². The predicted octanol–water partition coefficient (Wildman–Crippen LogP) is 0.937. The Kier molecular flexibility index (Phi) is 3.87. The van der Waals surface area contributed by atoms with Crippen LogP contribution in [0.15, 0.2) is 24.4 Å². The number of nitrogens with one attached hydrogen (secondary N) is 1. The fourth-order valence-corrected chi connectivity index (χ4v) is 3.18. The van der Waals surface area contributed by atoms with Crippen LogP contribution in [0.3, 0.4) is 0 Å². The number of hydrogen-bond donors (Lipinski definition) is 2. The summed E-state index contributed by atoms with van der Waals surface area (Å²) >= 11 is 0. The Hall–Kier alpha value is -1.62. The van der Waals surface area contributed by atoms with E-state index in [-0.39, 0.29) is 17.9 Å². The van der Waals surface area contributed by atoms with Crippen LogP contribution in [0.4, 0.5) is 5.82 Å². The fraction of sp³-hybridized carbons (Fsp3) is 0.600. The quantitative estimate of drug-likeness (QED) is 0.861. The first kappa shape index (κ1) is 13.4. The second-order valence-corrected chi connectivity index (χ2v) is 5.73. The third-order valence-electron chi connectivity index (χ3n) is 4.32. The SMILES string of the molecule is O=C(NC1CCN(c2ccccn2)C1)C1CCCC1O. The minimum atomic E-state index is -0.455. The highest BCUT2D eigenvalue weighted by Crippen LogP contribution is 2.26. The summed E-state index contributed by atoms with van der Waals surface area (Å²) in [5.41, 5.74) is 0. The van der Waals surface area contributed by atoms with Crippen LogP contribution in [0.1, 0.15) is 25.7 Å². The Morgan fingerprint density at radius 2 is 2.25 bits per heavy atom. The van der Waals surface area contributed by atoms with Gasteiger partial charge in [0.15, 0.2) is 0 Å². The number of carbonyl (C=O) groups is 1. The Labute approximate surface area is 119 Å². The molecule has 1 aliphatic carbocycles. The van der Waals surface area contributed by atoms with E-state index in [1.165, 1.54) is 0 Å². The minimum absolute atomic E-state index is 0.0165. The molecule has 2 N–H and O–H groups in total. The van der Waals surface area contributed by atoms with Crippen molar-refractivity contribution in [2.24, 2.45) is 5.92 Å². The van der Waals surface area contributed by atoms with Crippen LogP contribution in [-0.4, -0.2) is 41.2 Å². The molecule has 1 aromatic heterocycles. The molecule has 1 amide bonds. The number of aliphatic hydroxyl groups excluding tert-OH is 1. The van der Waals surface area contributed by atoms with Gasteiger partial charge in [-0.1, -0.05) is 6.07 Å². The highest BCUT2D eigenvalue weighted by Gasteiger charge is 2.33. The molecule has 1 saturated carbocycles. The molecule has 0 aromatic carbocycles. The van der Waals surface area contributed by atoms with E-state index in [0.29, 0.717) is 0 Å². The summed E-state index contributed by atoms with van der Waals surface area (Å²) in [4.78, 5) is 18.7. The van der Waals surface area contributed by atoms with Crippen LogP contribution in [0, 0.1) is 5.92 Å². The topological polar surface area (TPSA) is 65.5 Å². The molecule has 0 radical (unpaired) electrons. The van der Waals surface area contributed by atoms with Gasteiger partial charge in [0.05, 0.1) is 12.0 Å². The molecule has 2 aliphatic rings. The van der Waals surface area contributed by atoms with Gasteiger partial charge in [-0.25, -0.2) is 4.98 Å². The third kappa shape index (κ3) is 2.77. The molecule has 0 spiro atoms. The number of nitrogens with zero attached hydrogens (tertiary/aromatic N) is 2. The molecular weight excluding hydrogens is 254 g/mol. The zero-order valence-corrected chi connectivity index (χ0v) is 11.5. The molecule has 1 aliphatic heterocycles. The maximum atomic E-state index is 12.1. The number of anilines is 1. The van der Waals surface area contributed by atoms with Crippen molar-refractivity contribution in [3.63, 3.8) is 0 Å². The van der Waals surface area contributed by atoms with E-state index < -0.39 is 6.10 Å². The maximum Gasteiger partial charge on any atom is 0.226 e. The lowest BCUT2D eigenvalue weighted by Crippen LogP contribution is -2.42. The van der Waals surface area contributed by atoms with Crippen LogP contribution in [-0.2, 0) is 4.79 Å². The van der Waals surface area contributed by atoms with Crippen molar-refractivity contribution in [3.05, 3.63) is 24.4 Å². The number of pyridine rings is 1. The Bertz CT molecular complexity index is 465. The highest BCUT2D eigenvalue weighted by atomic mass is 16.3. The van der Waals surface area contributed by atoms with E-state index in [1.54, 1.807) is 6.20 Å². The molecule has 2 fully saturated rings. The Balaban J connectivity index is 1.54. The molecule has 108 valence electrons. The van der Waals surface area contributed by atoms with Gasteiger partial charge < -0.3 is 15.3 Å². The van der Waals surface area contributed by atoms with Crippen molar-refractivity contribution >= 4 is 11.7 Å². The molecule has 3 atom stereocenters. The van der Waals surface area contributed by atoms with E-state index in [0.717, 1.165) is 44.6 Å². The minimum Gasteiger partial charge on any atom is -0.392 e. The van der Waals surface area contributed by atoms with Crippen molar-refractivity contribution in [3.8, 4) is 0 Å². The van der Waals surface area contributed by atoms with Gasteiger partial charge in [-0.2, -0.15) is 0 Å². The largest absolute Gasteiger partial charge is 0.392 e. The average Bonchev–Trinajstić information content (AvgIpc) is 3.09. The number of aromatic nitrogens is 1. The van der Waals surface area contributed by atoms with Gasteiger partial charge in [-0.15, -0.1) is 0 Å². The van der Waals surface area contributed by atoms with Crippen LogP contribution in [0.5, 0.6) is 0 Å². The smallest absolute Gasteiger partial charge is 0.226 e. The zero-order valence-electron chi connectivity index (χ0n) is 11.5. The van der Waals surface area contributed by atoms with Crippen LogP contribution < -0.4 is 10.2 Å². The van der Waals surface area contributed by atoms with Gasteiger partial charge in [-0.05, 0) is 37.8 Å². The van der Waals surface area contributed by atoms with Crippen molar-refractivity contribution < 1.29 is 9.90 Å². The number of amides is 1. The Morgan fingerprint density at radius 3 is 2.95 bits per heavy atom. The molecule has 1 aromatic rings. The number of hydrogen-bond acceptors (Lipinski definition) is 4. The first-order valence-electron chi connectivity index (χ1n) is 7.38. The molecule has 5 nitrogen and oxygen atoms in total. The monoisotopic (exact) mass is 275 g/mol.